The SMILES string of the molecule is CC(C)(C)OC(=O)N[C@@H](Cc1ccccc1)c1ccc(C(=O)O)o1.S. The molecular weight excluding hydrogens is 342 g/mol. The summed E-state index contributed by atoms with van der Waals surface area (Å²) in [6.07, 6.45) is -0.135. The van der Waals surface area contributed by atoms with Crippen molar-refractivity contribution in [1.82, 2.24) is 5.32 Å². The first-order chi connectivity index (χ1) is 11.2. The molecule has 0 saturated heterocycles. The molecule has 0 aliphatic rings. The van der Waals surface area contributed by atoms with Gasteiger partial charge in [0.25, 0.3) is 0 Å². The lowest BCUT2D eigenvalue weighted by Crippen LogP contribution is -2.35. The minimum Gasteiger partial charge on any atom is -0.475 e. The Morgan fingerprint density at radius 2 is 1.80 bits per heavy atom. The summed E-state index contributed by atoms with van der Waals surface area (Å²) in [7, 11) is 0. The van der Waals surface area contributed by atoms with Crippen molar-refractivity contribution in [3.8, 4) is 0 Å². The molecule has 1 aromatic heterocycles. The van der Waals surface area contributed by atoms with E-state index in [1.807, 2.05) is 30.3 Å². The molecule has 2 N–H and O–H groups in total. The smallest absolute Gasteiger partial charge is 0.408 e. The Morgan fingerprint density at radius 3 is 2.32 bits per heavy atom. The number of hydrogen-bond acceptors (Lipinski definition) is 4. The number of carbonyl (C=O) groups excluding carboxylic acids is 1. The van der Waals surface area contributed by atoms with E-state index in [9.17, 15) is 9.59 Å². The lowest BCUT2D eigenvalue weighted by atomic mass is 10.0. The maximum Gasteiger partial charge on any atom is 0.408 e. The van der Waals surface area contributed by atoms with Gasteiger partial charge in [0.2, 0.25) is 5.76 Å². The van der Waals surface area contributed by atoms with Crippen LogP contribution in [0.2, 0.25) is 0 Å². The summed E-state index contributed by atoms with van der Waals surface area (Å²) in [5.41, 5.74) is 0.350. The number of hydrogen-bond donors (Lipinski definition) is 2. The van der Waals surface area contributed by atoms with E-state index in [1.54, 1.807) is 26.8 Å². The molecule has 2 rings (SSSR count). The quantitative estimate of drug-likeness (QED) is 0.839. The fraction of sp³-hybridized carbons (Fsp3) is 0.333. The van der Waals surface area contributed by atoms with Crippen LogP contribution in [0.3, 0.4) is 0 Å². The van der Waals surface area contributed by atoms with E-state index in [0.29, 0.717) is 12.2 Å². The number of nitrogens with one attached hydrogen (secondary N) is 1. The Bertz CT molecular complexity index is 706. The van der Waals surface area contributed by atoms with E-state index in [-0.39, 0.29) is 19.3 Å². The van der Waals surface area contributed by atoms with Crippen LogP contribution in [0.1, 0.15) is 48.7 Å². The number of carbonyl (C=O) groups is 2. The van der Waals surface area contributed by atoms with Crippen molar-refractivity contribution >= 4 is 25.6 Å². The van der Waals surface area contributed by atoms with E-state index in [1.165, 1.54) is 6.07 Å². The molecule has 1 heterocycles. The first-order valence-electron chi connectivity index (χ1n) is 7.61. The van der Waals surface area contributed by atoms with Crippen molar-refractivity contribution < 1.29 is 23.8 Å². The first kappa shape index (κ1) is 20.6. The first-order valence-corrected chi connectivity index (χ1v) is 7.61. The second-order valence-electron chi connectivity index (χ2n) is 6.40. The highest BCUT2D eigenvalue weighted by atomic mass is 32.1. The molecule has 0 saturated carbocycles. The highest BCUT2D eigenvalue weighted by Gasteiger charge is 2.24. The van der Waals surface area contributed by atoms with Crippen LogP contribution >= 0.6 is 13.5 Å². The number of furan rings is 1. The summed E-state index contributed by atoms with van der Waals surface area (Å²) >= 11 is 0. The zero-order valence-electron chi connectivity index (χ0n) is 14.4. The third-order valence-electron chi connectivity index (χ3n) is 3.15. The van der Waals surface area contributed by atoms with Crippen LogP contribution in [-0.2, 0) is 11.2 Å². The second kappa shape index (κ2) is 8.62. The van der Waals surface area contributed by atoms with Crippen LogP contribution in [0, 0.1) is 0 Å². The lowest BCUT2D eigenvalue weighted by molar-refractivity contribution is 0.0497. The average molecular weight is 365 g/mol. The number of amides is 1. The summed E-state index contributed by atoms with van der Waals surface area (Å²) in [6.45, 7) is 5.32. The van der Waals surface area contributed by atoms with Gasteiger partial charge >= 0.3 is 12.1 Å². The standard InChI is InChI=1S/C18H21NO5.H2S/c1-18(2,3)24-17(22)19-13(11-12-7-5-4-6-8-12)14-9-10-15(23-14)16(20)21;/h4-10,13H,11H2,1-3H3,(H,19,22)(H,20,21);1H2/t13-;/m0./s1. The maximum absolute atomic E-state index is 12.1. The number of alkyl carbamates (subject to hydrolysis) is 1. The Kier molecular flexibility index (Phi) is 7.11. The Hall–Kier alpha value is -2.41. The van der Waals surface area contributed by atoms with Gasteiger partial charge in [0, 0.05) is 6.42 Å². The van der Waals surface area contributed by atoms with E-state index < -0.39 is 23.7 Å². The van der Waals surface area contributed by atoms with E-state index in [4.69, 9.17) is 14.3 Å². The van der Waals surface area contributed by atoms with Crippen LogP contribution in [0.25, 0.3) is 0 Å². The van der Waals surface area contributed by atoms with Crippen LogP contribution in [0.5, 0.6) is 0 Å². The highest BCUT2D eigenvalue weighted by molar-refractivity contribution is 7.59. The fourth-order valence-electron chi connectivity index (χ4n) is 2.18. The van der Waals surface area contributed by atoms with Crippen molar-refractivity contribution in [3.63, 3.8) is 0 Å². The molecule has 2 aromatic rings. The topological polar surface area (TPSA) is 88.8 Å². The van der Waals surface area contributed by atoms with Gasteiger partial charge in [0.15, 0.2) is 0 Å². The Balaban J connectivity index is 0.00000312. The molecule has 25 heavy (non-hydrogen) atoms. The molecule has 136 valence electrons. The minimum atomic E-state index is -1.16. The molecule has 0 aliphatic heterocycles. The molecule has 0 fully saturated rings. The average Bonchev–Trinajstić information content (AvgIpc) is 2.95. The number of ether oxygens (including phenoxy) is 1. The number of benzene rings is 1. The van der Waals surface area contributed by atoms with Crippen LogP contribution in [0.15, 0.2) is 46.9 Å². The van der Waals surface area contributed by atoms with Gasteiger partial charge in [-0.1, -0.05) is 30.3 Å². The summed E-state index contributed by atoms with van der Waals surface area (Å²) in [6, 6.07) is 11.9. The van der Waals surface area contributed by atoms with Gasteiger partial charge in [-0.2, -0.15) is 13.5 Å². The van der Waals surface area contributed by atoms with Gasteiger partial charge in [-0.3, -0.25) is 0 Å². The highest BCUT2D eigenvalue weighted by Crippen LogP contribution is 2.22. The van der Waals surface area contributed by atoms with Gasteiger partial charge < -0.3 is 19.6 Å². The molecule has 1 aromatic carbocycles. The molecule has 0 spiro atoms. The van der Waals surface area contributed by atoms with Gasteiger partial charge in [0.1, 0.15) is 11.4 Å². The minimum absolute atomic E-state index is 0. The summed E-state index contributed by atoms with van der Waals surface area (Å²) in [4.78, 5) is 23.1. The van der Waals surface area contributed by atoms with E-state index in [2.05, 4.69) is 5.32 Å². The van der Waals surface area contributed by atoms with Crippen LogP contribution < -0.4 is 5.32 Å². The molecule has 0 bridgehead atoms. The van der Waals surface area contributed by atoms with Crippen molar-refractivity contribution in [2.24, 2.45) is 0 Å². The predicted molar refractivity (Wildman–Crippen MR) is 98.3 cm³/mol. The molecule has 1 amide bonds. The third kappa shape index (κ3) is 6.54. The molecule has 0 unspecified atom stereocenters. The van der Waals surface area contributed by atoms with Crippen molar-refractivity contribution in [3.05, 3.63) is 59.5 Å². The number of rotatable bonds is 5. The largest absolute Gasteiger partial charge is 0.475 e. The monoisotopic (exact) mass is 365 g/mol. The third-order valence-corrected chi connectivity index (χ3v) is 3.15. The Morgan fingerprint density at radius 1 is 1.16 bits per heavy atom. The van der Waals surface area contributed by atoms with Crippen molar-refractivity contribution in [2.75, 3.05) is 0 Å². The molecular formula is C18H23NO5S. The summed E-state index contributed by atoms with van der Waals surface area (Å²) in [5.74, 6) is -0.965. The normalized spacial score (nSPS) is 12.0. The summed E-state index contributed by atoms with van der Waals surface area (Å²) < 4.78 is 10.6. The predicted octanol–water partition coefficient (Wildman–Crippen LogP) is 3.90. The number of carboxylic acids is 1. The van der Waals surface area contributed by atoms with E-state index in [0.717, 1.165) is 5.56 Å². The number of carboxylic acid groups (broad SMARTS) is 1. The number of aromatic carboxylic acids is 1. The molecule has 1 atom stereocenters. The molecule has 7 heteroatoms. The van der Waals surface area contributed by atoms with Gasteiger partial charge in [-0.05, 0) is 38.5 Å². The van der Waals surface area contributed by atoms with Gasteiger partial charge in [-0.25, -0.2) is 9.59 Å². The zero-order chi connectivity index (χ0) is 17.7. The zero-order valence-corrected chi connectivity index (χ0v) is 15.4. The Labute approximate surface area is 153 Å². The van der Waals surface area contributed by atoms with Gasteiger partial charge in [0.05, 0.1) is 6.04 Å². The van der Waals surface area contributed by atoms with Gasteiger partial charge in [-0.15, -0.1) is 0 Å². The second-order valence-corrected chi connectivity index (χ2v) is 6.40. The summed E-state index contributed by atoms with van der Waals surface area (Å²) in [5, 5.41) is 11.7. The molecule has 6 nitrogen and oxygen atoms in total. The molecule has 0 radical (unpaired) electrons. The molecule has 0 aliphatic carbocycles. The van der Waals surface area contributed by atoms with Crippen LogP contribution in [0.4, 0.5) is 4.79 Å². The van der Waals surface area contributed by atoms with Crippen molar-refractivity contribution in [1.29, 1.82) is 0 Å². The van der Waals surface area contributed by atoms with Crippen molar-refractivity contribution in [2.45, 2.75) is 38.8 Å². The fourth-order valence-corrected chi connectivity index (χ4v) is 2.18. The maximum atomic E-state index is 12.1. The van der Waals surface area contributed by atoms with E-state index >= 15 is 0 Å². The lowest BCUT2D eigenvalue weighted by Gasteiger charge is -2.23. The van der Waals surface area contributed by atoms with Crippen LogP contribution in [-0.4, -0.2) is 22.8 Å².